The molecular weight excluding hydrogens is 344 g/mol. The van der Waals surface area contributed by atoms with Crippen LogP contribution >= 0.6 is 0 Å². The highest BCUT2D eigenvalue weighted by Crippen LogP contribution is 2.43. The van der Waals surface area contributed by atoms with Crippen LogP contribution in [0.3, 0.4) is 0 Å². The summed E-state index contributed by atoms with van der Waals surface area (Å²) in [5.41, 5.74) is 1.52. The number of amides is 1. The van der Waals surface area contributed by atoms with E-state index in [1.165, 1.54) is 12.8 Å². The van der Waals surface area contributed by atoms with Crippen LogP contribution in [0.4, 0.5) is 0 Å². The molecule has 7 nitrogen and oxygen atoms in total. The average molecular weight is 374 g/mol. The molecule has 3 saturated heterocycles. The third-order valence-corrected chi connectivity index (χ3v) is 6.52. The van der Waals surface area contributed by atoms with Crippen LogP contribution in [-0.2, 0) is 27.8 Å². The highest BCUT2D eigenvalue weighted by atomic mass is 16.6. The van der Waals surface area contributed by atoms with E-state index in [0.29, 0.717) is 19.5 Å². The second-order valence-electron chi connectivity index (χ2n) is 8.49. The van der Waals surface area contributed by atoms with E-state index in [9.17, 15) is 9.59 Å². The Morgan fingerprint density at radius 3 is 2.59 bits per heavy atom. The fourth-order valence-corrected chi connectivity index (χ4v) is 4.88. The summed E-state index contributed by atoms with van der Waals surface area (Å²) in [5, 5.41) is 4.31. The molecule has 1 spiro atoms. The van der Waals surface area contributed by atoms with Gasteiger partial charge < -0.3 is 9.64 Å². The lowest BCUT2D eigenvalue weighted by atomic mass is 9.76. The zero-order valence-electron chi connectivity index (χ0n) is 16.4. The van der Waals surface area contributed by atoms with Crippen LogP contribution in [0.5, 0.6) is 0 Å². The zero-order valence-corrected chi connectivity index (χ0v) is 16.4. The number of nitrogens with zero attached hydrogens (tertiary/aromatic N) is 4. The van der Waals surface area contributed by atoms with Crippen molar-refractivity contribution in [1.29, 1.82) is 0 Å². The Morgan fingerprint density at radius 1 is 1.26 bits per heavy atom. The van der Waals surface area contributed by atoms with Crippen LogP contribution < -0.4 is 0 Å². The van der Waals surface area contributed by atoms with Crippen molar-refractivity contribution in [2.24, 2.45) is 12.5 Å². The predicted octanol–water partition coefficient (Wildman–Crippen LogP) is 1.29. The van der Waals surface area contributed by atoms with Crippen LogP contribution in [0.25, 0.3) is 0 Å². The van der Waals surface area contributed by atoms with E-state index in [0.717, 1.165) is 50.2 Å². The van der Waals surface area contributed by atoms with Crippen molar-refractivity contribution in [2.45, 2.75) is 51.6 Å². The first-order valence-corrected chi connectivity index (χ1v) is 10.2. The first-order valence-electron chi connectivity index (χ1n) is 10.2. The van der Waals surface area contributed by atoms with E-state index in [-0.39, 0.29) is 23.4 Å². The minimum Gasteiger partial charge on any atom is -0.461 e. The molecule has 3 aliphatic heterocycles. The minimum atomic E-state index is -0.370. The zero-order chi connectivity index (χ0) is 19.0. The number of aryl methyl sites for hydroxylation is 2. The Labute approximate surface area is 160 Å². The Balaban J connectivity index is 1.32. The molecule has 1 aromatic heterocycles. The number of carbonyl (C=O) groups is 2. The molecule has 27 heavy (non-hydrogen) atoms. The topological polar surface area (TPSA) is 67.7 Å². The molecule has 3 aliphatic rings. The lowest BCUT2D eigenvalue weighted by Gasteiger charge is -2.36. The molecule has 4 rings (SSSR count). The van der Waals surface area contributed by atoms with Crippen LogP contribution in [0.2, 0.25) is 0 Å². The number of esters is 1. The van der Waals surface area contributed by atoms with Crippen molar-refractivity contribution in [3.05, 3.63) is 17.5 Å². The molecule has 1 unspecified atom stereocenters. The normalized spacial score (nSPS) is 25.3. The molecule has 0 bridgehead atoms. The van der Waals surface area contributed by atoms with Gasteiger partial charge in [-0.2, -0.15) is 5.10 Å². The van der Waals surface area contributed by atoms with Gasteiger partial charge in [-0.1, -0.05) is 0 Å². The number of ether oxygens (including phenoxy) is 1. The Bertz CT molecular complexity index is 715. The molecule has 0 saturated carbocycles. The molecule has 1 aromatic rings. The molecule has 0 aliphatic carbocycles. The number of hydrogen-bond donors (Lipinski definition) is 0. The molecule has 1 amide bonds. The van der Waals surface area contributed by atoms with Gasteiger partial charge in [0.15, 0.2) is 0 Å². The monoisotopic (exact) mass is 374 g/mol. The number of likely N-dealkylation sites (tertiary alicyclic amines) is 2. The summed E-state index contributed by atoms with van der Waals surface area (Å²) in [4.78, 5) is 29.6. The van der Waals surface area contributed by atoms with Gasteiger partial charge in [0.05, 0.1) is 17.5 Å². The van der Waals surface area contributed by atoms with Gasteiger partial charge in [-0.3, -0.25) is 19.2 Å². The molecule has 0 radical (unpaired) electrons. The Kier molecular flexibility index (Phi) is 4.97. The summed E-state index contributed by atoms with van der Waals surface area (Å²) in [6, 6.07) is 0. The summed E-state index contributed by atoms with van der Waals surface area (Å²) in [6.07, 6.45) is 7.08. The molecular formula is C20H30N4O3. The minimum absolute atomic E-state index is 0.0240. The fourth-order valence-electron chi connectivity index (χ4n) is 4.88. The van der Waals surface area contributed by atoms with E-state index in [4.69, 9.17) is 4.74 Å². The maximum absolute atomic E-state index is 12.7. The summed E-state index contributed by atoms with van der Waals surface area (Å²) < 4.78 is 7.48. The smallest absolute Gasteiger partial charge is 0.312 e. The van der Waals surface area contributed by atoms with Crippen molar-refractivity contribution in [1.82, 2.24) is 19.6 Å². The molecule has 4 heterocycles. The number of carbonyl (C=O) groups excluding carboxylic acids is 2. The molecule has 0 N–H and O–H groups in total. The van der Waals surface area contributed by atoms with Gasteiger partial charge >= 0.3 is 5.97 Å². The maximum Gasteiger partial charge on any atom is 0.312 e. The molecule has 148 valence electrons. The van der Waals surface area contributed by atoms with Crippen LogP contribution in [0.15, 0.2) is 6.20 Å². The predicted molar refractivity (Wildman–Crippen MR) is 100 cm³/mol. The van der Waals surface area contributed by atoms with Gasteiger partial charge in [0, 0.05) is 44.9 Å². The number of hydrogen-bond acceptors (Lipinski definition) is 5. The van der Waals surface area contributed by atoms with Crippen molar-refractivity contribution >= 4 is 11.9 Å². The fraction of sp³-hybridized carbons (Fsp3) is 0.750. The molecule has 7 heteroatoms. The number of rotatable bonds is 4. The second kappa shape index (κ2) is 7.26. The molecule has 0 aromatic carbocycles. The van der Waals surface area contributed by atoms with Gasteiger partial charge in [-0.15, -0.1) is 0 Å². The van der Waals surface area contributed by atoms with Crippen molar-refractivity contribution < 1.29 is 14.3 Å². The van der Waals surface area contributed by atoms with E-state index in [1.54, 1.807) is 4.68 Å². The Morgan fingerprint density at radius 2 is 1.96 bits per heavy atom. The van der Waals surface area contributed by atoms with Gasteiger partial charge in [0.1, 0.15) is 6.10 Å². The SMILES string of the molecule is Cc1nn(C)cc1CC(=O)N1CCC2(CC1)CC(CN1CCCC1)OC2=O. The summed E-state index contributed by atoms with van der Waals surface area (Å²) in [6.45, 7) is 6.33. The first kappa shape index (κ1) is 18.5. The standard InChI is InChI=1S/C20H30N4O3/c1-15-16(13-22(2)21-15)11-18(25)24-9-5-20(6-10-24)12-17(27-19(20)26)14-23-7-3-4-8-23/h13,17H,3-12,14H2,1-2H3. The van der Waals surface area contributed by atoms with E-state index < -0.39 is 0 Å². The van der Waals surface area contributed by atoms with Gasteiger partial charge in [0.25, 0.3) is 0 Å². The second-order valence-corrected chi connectivity index (χ2v) is 8.49. The van der Waals surface area contributed by atoms with Gasteiger partial charge in [-0.05, 0) is 45.7 Å². The van der Waals surface area contributed by atoms with Gasteiger partial charge in [0.2, 0.25) is 5.91 Å². The maximum atomic E-state index is 12.7. The average Bonchev–Trinajstić information content (AvgIpc) is 3.31. The molecule has 1 atom stereocenters. The first-order chi connectivity index (χ1) is 12.9. The van der Waals surface area contributed by atoms with Crippen LogP contribution in [0, 0.1) is 12.3 Å². The highest BCUT2D eigenvalue weighted by Gasteiger charge is 2.51. The Hall–Kier alpha value is -1.89. The third-order valence-electron chi connectivity index (χ3n) is 6.52. The summed E-state index contributed by atoms with van der Waals surface area (Å²) >= 11 is 0. The largest absolute Gasteiger partial charge is 0.461 e. The van der Waals surface area contributed by atoms with Crippen LogP contribution in [-0.4, -0.2) is 70.3 Å². The van der Waals surface area contributed by atoms with E-state index >= 15 is 0 Å². The number of aromatic nitrogens is 2. The lowest BCUT2D eigenvalue weighted by Crippen LogP contribution is -2.45. The third kappa shape index (κ3) is 3.74. The lowest BCUT2D eigenvalue weighted by molar-refractivity contribution is -0.152. The van der Waals surface area contributed by atoms with Crippen molar-refractivity contribution in [2.75, 3.05) is 32.7 Å². The summed E-state index contributed by atoms with van der Waals surface area (Å²) in [7, 11) is 1.87. The van der Waals surface area contributed by atoms with E-state index in [1.807, 2.05) is 25.1 Å². The van der Waals surface area contributed by atoms with E-state index in [2.05, 4.69) is 10.00 Å². The molecule has 3 fully saturated rings. The van der Waals surface area contributed by atoms with Crippen LogP contribution in [0.1, 0.15) is 43.4 Å². The summed E-state index contributed by atoms with van der Waals surface area (Å²) in [5.74, 6) is 0.0860. The van der Waals surface area contributed by atoms with Gasteiger partial charge in [-0.25, -0.2) is 0 Å². The highest BCUT2D eigenvalue weighted by molar-refractivity contribution is 5.81. The quantitative estimate of drug-likeness (QED) is 0.743. The van der Waals surface area contributed by atoms with Crippen molar-refractivity contribution in [3.63, 3.8) is 0 Å². The van der Waals surface area contributed by atoms with Crippen molar-refractivity contribution in [3.8, 4) is 0 Å². The number of piperidine rings is 1. The number of cyclic esters (lactones) is 1.